The van der Waals surface area contributed by atoms with Crippen molar-refractivity contribution in [1.29, 1.82) is 0 Å². The van der Waals surface area contributed by atoms with Crippen molar-refractivity contribution in [2.45, 2.75) is 39.5 Å². The maximum absolute atomic E-state index is 13.8. The van der Waals surface area contributed by atoms with Gasteiger partial charge in [-0.2, -0.15) is 23.4 Å². The van der Waals surface area contributed by atoms with Crippen LogP contribution in [0.2, 0.25) is 0 Å². The molecular weight excluding hydrogens is 449 g/mol. The summed E-state index contributed by atoms with van der Waals surface area (Å²) >= 11 is 0. The van der Waals surface area contributed by atoms with Gasteiger partial charge in [0.15, 0.2) is 11.3 Å². The van der Waals surface area contributed by atoms with Crippen molar-refractivity contribution in [3.8, 4) is 17.0 Å². The van der Waals surface area contributed by atoms with E-state index in [0.717, 1.165) is 23.5 Å². The molecule has 0 aliphatic rings. The van der Waals surface area contributed by atoms with Gasteiger partial charge in [0.2, 0.25) is 0 Å². The number of nitrogens with one attached hydrogen (secondary N) is 1. The zero-order chi connectivity index (χ0) is 24.6. The summed E-state index contributed by atoms with van der Waals surface area (Å²) < 4.78 is 49.0. The second-order valence-corrected chi connectivity index (χ2v) is 7.77. The van der Waals surface area contributed by atoms with Gasteiger partial charge in [-0.15, -0.1) is 0 Å². The highest BCUT2D eigenvalue weighted by Crippen LogP contribution is 2.33. The van der Waals surface area contributed by atoms with E-state index in [9.17, 15) is 18.0 Å². The molecule has 1 amide bonds. The highest BCUT2D eigenvalue weighted by Gasteiger charge is 2.36. The van der Waals surface area contributed by atoms with E-state index < -0.39 is 23.8 Å². The molecule has 0 aliphatic heterocycles. The molecule has 0 saturated carbocycles. The summed E-state index contributed by atoms with van der Waals surface area (Å²) in [5, 5.41) is 11.0. The number of amides is 1. The topological polar surface area (TPSA) is 86.3 Å². The number of ether oxygens (including phenoxy) is 1. The van der Waals surface area contributed by atoms with Crippen LogP contribution < -0.4 is 10.1 Å². The third kappa shape index (κ3) is 4.33. The Morgan fingerprint density at radius 1 is 1.24 bits per heavy atom. The van der Waals surface area contributed by atoms with E-state index in [2.05, 4.69) is 20.5 Å². The Balaban J connectivity index is 1.75. The molecule has 0 aliphatic carbocycles. The van der Waals surface area contributed by atoms with E-state index in [1.165, 1.54) is 7.11 Å². The number of hydrogen-bond donors (Lipinski definition) is 1. The lowest BCUT2D eigenvalue weighted by atomic mass is 10.1. The third-order valence-electron chi connectivity index (χ3n) is 5.52. The van der Waals surface area contributed by atoms with Crippen LogP contribution in [-0.4, -0.2) is 37.4 Å². The summed E-state index contributed by atoms with van der Waals surface area (Å²) in [7, 11) is 1.49. The predicted molar refractivity (Wildman–Crippen MR) is 118 cm³/mol. The van der Waals surface area contributed by atoms with Crippen LogP contribution in [0, 0.1) is 6.92 Å². The molecule has 3 heterocycles. The molecule has 34 heavy (non-hydrogen) atoms. The summed E-state index contributed by atoms with van der Waals surface area (Å²) in [5.74, 6) is -0.0281. The third-order valence-corrected chi connectivity index (χ3v) is 5.52. The van der Waals surface area contributed by atoms with E-state index in [0.29, 0.717) is 22.4 Å². The van der Waals surface area contributed by atoms with Crippen LogP contribution in [0.15, 0.2) is 42.7 Å². The average molecular weight is 472 g/mol. The maximum atomic E-state index is 13.8. The van der Waals surface area contributed by atoms with Crippen LogP contribution in [0.25, 0.3) is 16.9 Å². The highest BCUT2D eigenvalue weighted by molar-refractivity contribution is 6.00. The van der Waals surface area contributed by atoms with Crippen molar-refractivity contribution in [1.82, 2.24) is 29.7 Å². The van der Waals surface area contributed by atoms with Gasteiger partial charge >= 0.3 is 6.18 Å². The minimum absolute atomic E-state index is 0.0603. The van der Waals surface area contributed by atoms with Crippen molar-refractivity contribution in [3.05, 3.63) is 65.2 Å². The number of hydrogen-bond acceptors (Lipinski definition) is 5. The Morgan fingerprint density at radius 3 is 2.53 bits per heavy atom. The van der Waals surface area contributed by atoms with Gasteiger partial charge in [-0.3, -0.25) is 9.48 Å². The molecule has 4 aromatic rings. The number of carbonyl (C=O) groups excluding carboxylic acids is 1. The first-order chi connectivity index (χ1) is 16.1. The van der Waals surface area contributed by atoms with Gasteiger partial charge in [0.25, 0.3) is 5.91 Å². The number of halogens is 3. The fraction of sp³-hybridized carbons (Fsp3) is 0.304. The molecule has 11 heteroatoms. The number of carbonyl (C=O) groups is 1. The number of alkyl halides is 3. The molecule has 1 atom stereocenters. The first-order valence-electron chi connectivity index (χ1n) is 10.6. The lowest BCUT2D eigenvalue weighted by molar-refractivity contribution is -0.142. The molecule has 0 bridgehead atoms. The van der Waals surface area contributed by atoms with Gasteiger partial charge in [-0.05, 0) is 51.1 Å². The van der Waals surface area contributed by atoms with Crippen molar-refractivity contribution in [2.24, 2.45) is 0 Å². The van der Waals surface area contributed by atoms with E-state index in [-0.39, 0.29) is 16.9 Å². The lowest BCUT2D eigenvalue weighted by Crippen LogP contribution is -2.27. The first kappa shape index (κ1) is 23.3. The quantitative estimate of drug-likeness (QED) is 0.448. The van der Waals surface area contributed by atoms with Crippen molar-refractivity contribution in [3.63, 3.8) is 0 Å². The fourth-order valence-corrected chi connectivity index (χ4v) is 3.71. The summed E-state index contributed by atoms with van der Waals surface area (Å²) in [6.07, 6.45) is -1.78. The molecule has 1 N–H and O–H groups in total. The van der Waals surface area contributed by atoms with Crippen LogP contribution in [0.4, 0.5) is 13.2 Å². The standard InChI is InChI=1S/C23H23F3N6O2/c1-5-31-12-18(14(3)30-31)13(2)28-22(33)17-11-27-32-20(23(24,25)26)10-19(29-21(17)32)15-6-8-16(34-4)9-7-15/h6-13H,5H2,1-4H3,(H,28,33). The zero-order valence-electron chi connectivity index (χ0n) is 19.0. The molecule has 0 fully saturated rings. The predicted octanol–water partition coefficient (Wildman–Crippen LogP) is 4.44. The fourth-order valence-electron chi connectivity index (χ4n) is 3.71. The van der Waals surface area contributed by atoms with Crippen molar-refractivity contribution in [2.75, 3.05) is 7.11 Å². The van der Waals surface area contributed by atoms with Gasteiger partial charge in [0, 0.05) is 23.9 Å². The van der Waals surface area contributed by atoms with Crippen LogP contribution in [0.1, 0.15) is 47.2 Å². The van der Waals surface area contributed by atoms with Crippen LogP contribution >= 0.6 is 0 Å². The summed E-state index contributed by atoms with van der Waals surface area (Å²) in [6, 6.07) is 6.94. The first-order valence-corrected chi connectivity index (χ1v) is 10.6. The summed E-state index contributed by atoms with van der Waals surface area (Å²) in [4.78, 5) is 17.4. The molecule has 8 nitrogen and oxygen atoms in total. The van der Waals surface area contributed by atoms with Gasteiger partial charge in [-0.1, -0.05) is 0 Å². The van der Waals surface area contributed by atoms with Gasteiger partial charge < -0.3 is 10.1 Å². The Bertz CT molecular complexity index is 1340. The highest BCUT2D eigenvalue weighted by atomic mass is 19.4. The Hall–Kier alpha value is -3.89. The number of methoxy groups -OCH3 is 1. The minimum atomic E-state index is -4.71. The van der Waals surface area contributed by atoms with Crippen LogP contribution in [0.5, 0.6) is 5.75 Å². The maximum Gasteiger partial charge on any atom is 0.433 e. The number of nitrogens with zero attached hydrogens (tertiary/aromatic N) is 5. The molecule has 178 valence electrons. The lowest BCUT2D eigenvalue weighted by Gasteiger charge is -2.14. The number of fused-ring (bicyclic) bond motifs is 1. The minimum Gasteiger partial charge on any atom is -0.497 e. The van der Waals surface area contributed by atoms with Gasteiger partial charge in [0.05, 0.1) is 30.7 Å². The Morgan fingerprint density at radius 2 is 1.94 bits per heavy atom. The average Bonchev–Trinajstić information content (AvgIpc) is 3.41. The Kier molecular flexibility index (Phi) is 6.03. The number of rotatable bonds is 6. The molecule has 0 radical (unpaired) electrons. The van der Waals surface area contributed by atoms with Gasteiger partial charge in [0.1, 0.15) is 11.3 Å². The molecule has 3 aromatic heterocycles. The van der Waals surface area contributed by atoms with Crippen molar-refractivity contribution < 1.29 is 22.7 Å². The SMILES string of the molecule is CCn1cc(C(C)NC(=O)c2cnn3c(C(F)(F)F)cc(-c4ccc(OC)cc4)nc23)c(C)n1. The normalized spacial score (nSPS) is 12.7. The molecular formula is C23H23F3N6O2. The molecule has 4 rings (SSSR count). The summed E-state index contributed by atoms with van der Waals surface area (Å²) in [6.45, 7) is 6.24. The molecule has 0 saturated heterocycles. The molecule has 0 spiro atoms. The van der Waals surface area contributed by atoms with E-state index in [1.807, 2.05) is 20.0 Å². The van der Waals surface area contributed by atoms with Gasteiger partial charge in [-0.25, -0.2) is 9.50 Å². The zero-order valence-corrected chi connectivity index (χ0v) is 19.0. The molecule has 1 aromatic carbocycles. The Labute approximate surface area is 193 Å². The monoisotopic (exact) mass is 472 g/mol. The van der Waals surface area contributed by atoms with Crippen molar-refractivity contribution >= 4 is 11.6 Å². The van der Waals surface area contributed by atoms with Crippen LogP contribution in [0.3, 0.4) is 0 Å². The second-order valence-electron chi connectivity index (χ2n) is 7.77. The second kappa shape index (κ2) is 8.81. The van der Waals surface area contributed by atoms with Crippen LogP contribution in [-0.2, 0) is 12.7 Å². The largest absolute Gasteiger partial charge is 0.497 e. The smallest absolute Gasteiger partial charge is 0.433 e. The van der Waals surface area contributed by atoms with E-state index in [4.69, 9.17) is 4.74 Å². The number of aromatic nitrogens is 5. The molecule has 1 unspecified atom stereocenters. The van der Waals surface area contributed by atoms with E-state index >= 15 is 0 Å². The van der Waals surface area contributed by atoms with E-state index in [1.54, 1.807) is 35.9 Å². The number of benzene rings is 1. The summed E-state index contributed by atoms with van der Waals surface area (Å²) in [5.41, 5.74) is 0.792. The number of aryl methyl sites for hydroxylation is 2.